The van der Waals surface area contributed by atoms with Crippen LogP contribution < -0.4 is 4.57 Å². The molecular formula is C15H23N2+. The van der Waals surface area contributed by atoms with Crippen LogP contribution in [0.5, 0.6) is 0 Å². The lowest BCUT2D eigenvalue weighted by Crippen LogP contribution is -2.25. The number of hydrogen-bond acceptors (Lipinski definition) is 0. The molecule has 2 heteroatoms. The molecule has 0 bridgehead atoms. The first-order valence-electron chi connectivity index (χ1n) is 6.41. The third kappa shape index (κ3) is 2.87. The van der Waals surface area contributed by atoms with Crippen molar-refractivity contribution in [1.29, 1.82) is 0 Å². The largest absolute Gasteiger partial charge is 0.244 e. The van der Waals surface area contributed by atoms with E-state index in [1.807, 2.05) is 0 Å². The molecular weight excluding hydrogens is 208 g/mol. The Morgan fingerprint density at radius 2 is 1.88 bits per heavy atom. The zero-order chi connectivity index (χ0) is 12.5. The van der Waals surface area contributed by atoms with Gasteiger partial charge in [0.1, 0.15) is 0 Å². The highest BCUT2D eigenvalue weighted by molar-refractivity contribution is 5.71. The Hall–Kier alpha value is -1.31. The zero-order valence-corrected chi connectivity index (χ0v) is 11.4. The van der Waals surface area contributed by atoms with Crippen LogP contribution in [0.4, 0.5) is 0 Å². The van der Waals surface area contributed by atoms with Crippen molar-refractivity contribution in [3.63, 3.8) is 0 Å². The molecule has 0 spiro atoms. The van der Waals surface area contributed by atoms with E-state index in [2.05, 4.69) is 67.5 Å². The van der Waals surface area contributed by atoms with Crippen molar-refractivity contribution in [2.45, 2.75) is 40.2 Å². The number of para-hydroxylation sites is 2. The van der Waals surface area contributed by atoms with Gasteiger partial charge in [0.2, 0.25) is 6.33 Å². The molecule has 1 heterocycles. The molecule has 0 aliphatic rings. The predicted octanol–water partition coefficient (Wildman–Crippen LogP) is 3.29. The van der Waals surface area contributed by atoms with Crippen LogP contribution in [0, 0.1) is 5.41 Å². The smallest absolute Gasteiger partial charge is 0.233 e. The maximum atomic E-state index is 2.36. The molecule has 2 rings (SSSR count). The first-order valence-corrected chi connectivity index (χ1v) is 6.41. The van der Waals surface area contributed by atoms with Crippen LogP contribution in [-0.4, -0.2) is 4.57 Å². The number of aromatic nitrogens is 2. The van der Waals surface area contributed by atoms with Gasteiger partial charge < -0.3 is 0 Å². The van der Waals surface area contributed by atoms with Gasteiger partial charge in [0.05, 0.1) is 13.6 Å². The second kappa shape index (κ2) is 4.52. The third-order valence-corrected chi connectivity index (χ3v) is 3.21. The molecule has 0 radical (unpaired) electrons. The van der Waals surface area contributed by atoms with Crippen molar-refractivity contribution < 1.29 is 4.57 Å². The molecule has 0 saturated carbocycles. The highest BCUT2D eigenvalue weighted by Gasteiger charge is 2.14. The van der Waals surface area contributed by atoms with Crippen molar-refractivity contribution in [1.82, 2.24) is 4.57 Å². The quantitative estimate of drug-likeness (QED) is 0.717. The van der Waals surface area contributed by atoms with E-state index in [4.69, 9.17) is 0 Å². The zero-order valence-electron chi connectivity index (χ0n) is 11.4. The summed E-state index contributed by atoms with van der Waals surface area (Å²) in [5, 5.41) is 0. The Morgan fingerprint density at radius 3 is 2.59 bits per heavy atom. The summed E-state index contributed by atoms with van der Waals surface area (Å²) < 4.78 is 4.56. The van der Waals surface area contributed by atoms with Gasteiger partial charge in [0.25, 0.3) is 0 Å². The minimum Gasteiger partial charge on any atom is -0.233 e. The average Bonchev–Trinajstić information content (AvgIpc) is 2.55. The van der Waals surface area contributed by atoms with E-state index in [-0.39, 0.29) is 0 Å². The molecule has 0 N–H and O–H groups in total. The van der Waals surface area contributed by atoms with Crippen LogP contribution in [0.3, 0.4) is 0 Å². The summed E-state index contributed by atoms with van der Waals surface area (Å²) in [7, 11) is 2.11. The lowest BCUT2D eigenvalue weighted by Gasteiger charge is -2.16. The van der Waals surface area contributed by atoms with Gasteiger partial charge in [-0.2, -0.15) is 0 Å². The third-order valence-electron chi connectivity index (χ3n) is 3.21. The van der Waals surface area contributed by atoms with Gasteiger partial charge in [-0.25, -0.2) is 9.13 Å². The molecule has 1 aromatic carbocycles. The fourth-order valence-electron chi connectivity index (χ4n) is 2.30. The number of nitrogens with zero attached hydrogens (tertiary/aromatic N) is 2. The van der Waals surface area contributed by atoms with Gasteiger partial charge in [-0.05, 0) is 30.4 Å². The Kier molecular flexibility index (Phi) is 3.23. The van der Waals surface area contributed by atoms with Gasteiger partial charge in [-0.3, -0.25) is 0 Å². The normalized spacial score (nSPS) is 12.2. The second-order valence-corrected chi connectivity index (χ2v) is 6.07. The molecule has 1 aromatic heterocycles. The van der Waals surface area contributed by atoms with Gasteiger partial charge in [-0.1, -0.05) is 32.9 Å². The topological polar surface area (TPSA) is 8.81 Å². The summed E-state index contributed by atoms with van der Waals surface area (Å²) in [6.07, 6.45) is 4.71. The molecule has 2 aromatic rings. The SMILES string of the molecule is C[n+]1cn(CCCC(C)(C)C)c2ccccc21. The monoisotopic (exact) mass is 231 g/mol. The summed E-state index contributed by atoms with van der Waals surface area (Å²) >= 11 is 0. The van der Waals surface area contributed by atoms with E-state index < -0.39 is 0 Å². The standard InChI is InChI=1S/C15H23N2/c1-15(2,3)10-7-11-17-12-16(4)13-8-5-6-9-14(13)17/h5-6,8-9,12H,7,10-11H2,1-4H3/q+1. The van der Waals surface area contributed by atoms with Crippen LogP contribution in [-0.2, 0) is 13.6 Å². The van der Waals surface area contributed by atoms with Crippen molar-refractivity contribution in [3.8, 4) is 0 Å². The Balaban J connectivity index is 2.14. The lowest BCUT2D eigenvalue weighted by atomic mass is 9.91. The second-order valence-electron chi connectivity index (χ2n) is 6.07. The van der Waals surface area contributed by atoms with E-state index in [9.17, 15) is 0 Å². The molecule has 0 unspecified atom stereocenters. The molecule has 0 aliphatic carbocycles. The average molecular weight is 231 g/mol. The van der Waals surface area contributed by atoms with E-state index in [0.29, 0.717) is 5.41 Å². The summed E-state index contributed by atoms with van der Waals surface area (Å²) in [6.45, 7) is 8.03. The fraction of sp³-hybridized carbons (Fsp3) is 0.533. The number of benzene rings is 1. The van der Waals surface area contributed by atoms with E-state index in [1.54, 1.807) is 0 Å². The summed E-state index contributed by atoms with van der Waals surface area (Å²) in [5.41, 5.74) is 3.08. The minimum absolute atomic E-state index is 0.436. The maximum absolute atomic E-state index is 2.36. The molecule has 2 nitrogen and oxygen atoms in total. The van der Waals surface area contributed by atoms with E-state index >= 15 is 0 Å². The molecule has 0 amide bonds. The van der Waals surface area contributed by atoms with Crippen LogP contribution in [0.1, 0.15) is 33.6 Å². The number of aryl methyl sites for hydroxylation is 2. The van der Waals surface area contributed by atoms with Crippen molar-refractivity contribution in [2.24, 2.45) is 12.5 Å². The molecule has 0 atom stereocenters. The molecule has 17 heavy (non-hydrogen) atoms. The Bertz CT molecular complexity index is 503. The molecule has 0 aliphatic heterocycles. The number of imidazole rings is 1. The van der Waals surface area contributed by atoms with Crippen LogP contribution in [0.2, 0.25) is 0 Å². The Labute approximate surface area is 104 Å². The van der Waals surface area contributed by atoms with Crippen molar-refractivity contribution in [3.05, 3.63) is 30.6 Å². The van der Waals surface area contributed by atoms with Gasteiger partial charge in [-0.15, -0.1) is 0 Å². The Morgan fingerprint density at radius 1 is 1.18 bits per heavy atom. The molecule has 0 saturated heterocycles. The lowest BCUT2D eigenvalue weighted by molar-refractivity contribution is -0.645. The van der Waals surface area contributed by atoms with Gasteiger partial charge in [0.15, 0.2) is 11.0 Å². The number of hydrogen-bond donors (Lipinski definition) is 0. The van der Waals surface area contributed by atoms with Crippen molar-refractivity contribution in [2.75, 3.05) is 0 Å². The first-order chi connectivity index (χ1) is 7.97. The van der Waals surface area contributed by atoms with Crippen molar-refractivity contribution >= 4 is 11.0 Å². The van der Waals surface area contributed by atoms with Gasteiger partial charge in [0, 0.05) is 0 Å². The summed E-state index contributed by atoms with van der Waals surface area (Å²) in [5.74, 6) is 0. The number of fused-ring (bicyclic) bond motifs is 1. The van der Waals surface area contributed by atoms with E-state index in [0.717, 1.165) is 6.54 Å². The van der Waals surface area contributed by atoms with E-state index in [1.165, 1.54) is 23.9 Å². The predicted molar refractivity (Wildman–Crippen MR) is 71.8 cm³/mol. The van der Waals surface area contributed by atoms with Crippen LogP contribution in [0.15, 0.2) is 30.6 Å². The first kappa shape index (κ1) is 12.2. The van der Waals surface area contributed by atoms with Crippen LogP contribution in [0.25, 0.3) is 11.0 Å². The minimum atomic E-state index is 0.436. The maximum Gasteiger partial charge on any atom is 0.244 e. The summed E-state index contributed by atoms with van der Waals surface area (Å²) in [4.78, 5) is 0. The summed E-state index contributed by atoms with van der Waals surface area (Å²) in [6, 6.07) is 8.59. The highest BCUT2D eigenvalue weighted by Crippen LogP contribution is 2.21. The fourth-order valence-corrected chi connectivity index (χ4v) is 2.30. The van der Waals surface area contributed by atoms with Crippen LogP contribution >= 0.6 is 0 Å². The highest BCUT2D eigenvalue weighted by atomic mass is 15.1. The number of rotatable bonds is 3. The molecule has 92 valence electrons. The molecule has 0 fully saturated rings. The van der Waals surface area contributed by atoms with Gasteiger partial charge >= 0.3 is 0 Å².